The summed E-state index contributed by atoms with van der Waals surface area (Å²) in [6.07, 6.45) is 4.38. The summed E-state index contributed by atoms with van der Waals surface area (Å²) in [7, 11) is 1.34. The van der Waals surface area contributed by atoms with E-state index in [4.69, 9.17) is 4.74 Å². The first-order chi connectivity index (χ1) is 16.1. The number of carbonyl (C=O) groups excluding carboxylic acids is 3. The molecule has 1 saturated heterocycles. The fourth-order valence-corrected chi connectivity index (χ4v) is 4.76. The molecule has 7 nitrogen and oxygen atoms in total. The molecule has 1 aromatic heterocycles. The number of esters is 1. The number of amides is 2. The highest BCUT2D eigenvalue weighted by Gasteiger charge is 2.28. The molecule has 1 aliphatic heterocycles. The van der Waals surface area contributed by atoms with Crippen LogP contribution < -0.4 is 5.32 Å². The summed E-state index contributed by atoms with van der Waals surface area (Å²) >= 11 is 1.26. The Bertz CT molecular complexity index is 1150. The smallest absolute Gasteiger partial charge is 0.337 e. The van der Waals surface area contributed by atoms with Crippen molar-refractivity contribution < 1.29 is 19.1 Å². The van der Waals surface area contributed by atoms with Gasteiger partial charge in [-0.2, -0.15) is 0 Å². The van der Waals surface area contributed by atoms with Crippen molar-refractivity contribution in [2.45, 2.75) is 25.3 Å². The predicted octanol–water partition coefficient (Wildman–Crippen LogP) is 4.02. The third kappa shape index (κ3) is 5.28. The zero-order valence-corrected chi connectivity index (χ0v) is 19.1. The lowest BCUT2D eigenvalue weighted by Crippen LogP contribution is -2.49. The van der Waals surface area contributed by atoms with E-state index in [1.807, 2.05) is 41.3 Å². The van der Waals surface area contributed by atoms with Crippen LogP contribution in [-0.2, 0) is 4.74 Å². The molecule has 0 aliphatic carbocycles. The van der Waals surface area contributed by atoms with Gasteiger partial charge in [-0.25, -0.2) is 9.78 Å². The first kappa shape index (κ1) is 22.7. The summed E-state index contributed by atoms with van der Waals surface area (Å²) < 4.78 is 4.77. The molecule has 1 N–H and O–H groups in total. The summed E-state index contributed by atoms with van der Waals surface area (Å²) in [5, 5.41) is 3.62. The third-order valence-electron chi connectivity index (χ3n) is 5.67. The van der Waals surface area contributed by atoms with Gasteiger partial charge in [0.1, 0.15) is 9.88 Å². The second-order valence-corrected chi connectivity index (χ2v) is 8.86. The van der Waals surface area contributed by atoms with Crippen LogP contribution in [0.4, 0.5) is 0 Å². The number of hydrogen-bond donors (Lipinski definition) is 1. The van der Waals surface area contributed by atoms with Crippen LogP contribution in [0, 0.1) is 0 Å². The SMILES string of the molecule is COC(=O)c1cccc(-c2ncc(C(=O)NCC3CCCCN3C(=O)c3ccccc3)s2)c1. The van der Waals surface area contributed by atoms with E-state index in [9.17, 15) is 14.4 Å². The predicted molar refractivity (Wildman–Crippen MR) is 126 cm³/mol. The van der Waals surface area contributed by atoms with Gasteiger partial charge in [-0.3, -0.25) is 9.59 Å². The van der Waals surface area contributed by atoms with Crippen LogP contribution in [-0.4, -0.2) is 53.9 Å². The molecule has 0 radical (unpaired) electrons. The maximum absolute atomic E-state index is 13.0. The van der Waals surface area contributed by atoms with Crippen LogP contribution in [0.15, 0.2) is 60.8 Å². The number of thiazole rings is 1. The molecule has 4 rings (SSSR count). The topological polar surface area (TPSA) is 88.6 Å². The van der Waals surface area contributed by atoms with E-state index < -0.39 is 5.97 Å². The molecule has 0 bridgehead atoms. The molecular formula is C25H25N3O4S. The number of methoxy groups -OCH3 is 1. The van der Waals surface area contributed by atoms with Crippen molar-refractivity contribution in [2.24, 2.45) is 0 Å². The van der Waals surface area contributed by atoms with Gasteiger partial charge in [0.15, 0.2) is 0 Å². The first-order valence-electron chi connectivity index (χ1n) is 10.9. The maximum atomic E-state index is 13.0. The molecule has 170 valence electrons. The highest BCUT2D eigenvalue weighted by Crippen LogP contribution is 2.26. The molecule has 33 heavy (non-hydrogen) atoms. The zero-order chi connectivity index (χ0) is 23.2. The van der Waals surface area contributed by atoms with Gasteiger partial charge in [-0.05, 0) is 43.5 Å². The van der Waals surface area contributed by atoms with Crippen molar-refractivity contribution in [3.63, 3.8) is 0 Å². The minimum atomic E-state index is -0.423. The monoisotopic (exact) mass is 463 g/mol. The van der Waals surface area contributed by atoms with Gasteiger partial charge in [-0.15, -0.1) is 11.3 Å². The minimum absolute atomic E-state index is 0.000105. The number of nitrogens with one attached hydrogen (secondary N) is 1. The van der Waals surface area contributed by atoms with Crippen molar-refractivity contribution in [1.29, 1.82) is 0 Å². The van der Waals surface area contributed by atoms with E-state index in [-0.39, 0.29) is 17.9 Å². The Morgan fingerprint density at radius 1 is 1.09 bits per heavy atom. The number of likely N-dealkylation sites (tertiary alicyclic amines) is 1. The molecule has 2 heterocycles. The molecule has 1 aliphatic rings. The highest BCUT2D eigenvalue weighted by atomic mass is 32.1. The molecule has 1 fully saturated rings. The van der Waals surface area contributed by atoms with Crippen LogP contribution in [0.5, 0.6) is 0 Å². The van der Waals surface area contributed by atoms with Gasteiger partial charge in [-0.1, -0.05) is 30.3 Å². The van der Waals surface area contributed by atoms with Gasteiger partial charge in [0.05, 0.1) is 18.9 Å². The summed E-state index contributed by atoms with van der Waals surface area (Å²) in [6.45, 7) is 1.08. The summed E-state index contributed by atoms with van der Waals surface area (Å²) in [4.78, 5) is 44.2. The minimum Gasteiger partial charge on any atom is -0.465 e. The lowest BCUT2D eigenvalue weighted by atomic mass is 10.0. The number of benzene rings is 2. The van der Waals surface area contributed by atoms with Crippen molar-refractivity contribution in [1.82, 2.24) is 15.2 Å². The van der Waals surface area contributed by atoms with E-state index in [1.165, 1.54) is 24.6 Å². The fraction of sp³-hybridized carbons (Fsp3) is 0.280. The number of hydrogen-bond acceptors (Lipinski definition) is 6. The average molecular weight is 464 g/mol. The Morgan fingerprint density at radius 2 is 1.88 bits per heavy atom. The molecule has 2 amide bonds. The van der Waals surface area contributed by atoms with E-state index >= 15 is 0 Å². The van der Waals surface area contributed by atoms with E-state index in [0.717, 1.165) is 24.8 Å². The maximum Gasteiger partial charge on any atom is 0.337 e. The van der Waals surface area contributed by atoms with Gasteiger partial charge in [0, 0.05) is 30.3 Å². The van der Waals surface area contributed by atoms with Crippen LogP contribution in [0.2, 0.25) is 0 Å². The standard InChI is InChI=1S/C25H25N3O4S/c1-32-25(31)19-11-7-10-18(14-19)23-27-16-21(33-23)22(29)26-15-20-12-5-6-13-28(20)24(30)17-8-3-2-4-9-17/h2-4,7-11,14,16,20H,5-6,12-13,15H2,1H3,(H,26,29). The van der Waals surface area contributed by atoms with Gasteiger partial charge >= 0.3 is 5.97 Å². The Hall–Kier alpha value is -3.52. The molecule has 8 heteroatoms. The number of carbonyl (C=O) groups is 3. The fourth-order valence-electron chi connectivity index (χ4n) is 3.93. The largest absolute Gasteiger partial charge is 0.465 e. The van der Waals surface area contributed by atoms with Gasteiger partial charge in [0.25, 0.3) is 11.8 Å². The number of ether oxygens (including phenoxy) is 1. The summed E-state index contributed by atoms with van der Waals surface area (Å²) in [5.74, 6) is -0.644. The van der Waals surface area contributed by atoms with Crippen molar-refractivity contribution >= 4 is 29.1 Å². The number of rotatable bonds is 6. The van der Waals surface area contributed by atoms with Crippen molar-refractivity contribution in [3.05, 3.63) is 76.8 Å². The van der Waals surface area contributed by atoms with Gasteiger partial charge in [0.2, 0.25) is 0 Å². The highest BCUT2D eigenvalue weighted by molar-refractivity contribution is 7.16. The van der Waals surface area contributed by atoms with Crippen LogP contribution >= 0.6 is 11.3 Å². The zero-order valence-electron chi connectivity index (χ0n) is 18.3. The molecule has 1 unspecified atom stereocenters. The lowest BCUT2D eigenvalue weighted by Gasteiger charge is -2.36. The second-order valence-electron chi connectivity index (χ2n) is 7.83. The van der Waals surface area contributed by atoms with Crippen molar-refractivity contribution in [3.8, 4) is 10.6 Å². The Kier molecular flexibility index (Phi) is 7.14. The van der Waals surface area contributed by atoms with Crippen LogP contribution in [0.1, 0.15) is 49.7 Å². The second kappa shape index (κ2) is 10.4. The van der Waals surface area contributed by atoms with Crippen LogP contribution in [0.3, 0.4) is 0 Å². The third-order valence-corrected chi connectivity index (χ3v) is 6.71. The number of nitrogens with zero attached hydrogens (tertiary/aromatic N) is 2. The number of aromatic nitrogens is 1. The van der Waals surface area contributed by atoms with E-state index in [0.29, 0.717) is 34.1 Å². The first-order valence-corrected chi connectivity index (χ1v) is 11.7. The van der Waals surface area contributed by atoms with Crippen LogP contribution in [0.25, 0.3) is 10.6 Å². The number of piperidine rings is 1. The molecular weight excluding hydrogens is 438 g/mol. The Morgan fingerprint density at radius 3 is 2.67 bits per heavy atom. The Balaban J connectivity index is 1.41. The molecule has 1 atom stereocenters. The van der Waals surface area contributed by atoms with Gasteiger partial charge < -0.3 is 15.0 Å². The quantitative estimate of drug-likeness (QED) is 0.558. The summed E-state index contributed by atoms with van der Waals surface area (Å²) in [5.41, 5.74) is 1.84. The normalized spacial score (nSPS) is 15.7. The van der Waals surface area contributed by atoms with E-state index in [2.05, 4.69) is 10.3 Å². The average Bonchev–Trinajstić information content (AvgIpc) is 3.38. The Labute approximate surface area is 196 Å². The molecule has 0 saturated carbocycles. The molecule has 0 spiro atoms. The summed E-state index contributed by atoms with van der Waals surface area (Å²) in [6, 6.07) is 16.2. The van der Waals surface area contributed by atoms with Crippen molar-refractivity contribution in [2.75, 3.05) is 20.2 Å². The lowest BCUT2D eigenvalue weighted by molar-refractivity contribution is 0.0595. The molecule has 3 aromatic rings. The van der Waals surface area contributed by atoms with E-state index in [1.54, 1.807) is 18.2 Å². The molecule has 2 aromatic carbocycles.